The van der Waals surface area contributed by atoms with Crippen LogP contribution in [0.5, 0.6) is 0 Å². The van der Waals surface area contributed by atoms with Gasteiger partial charge in [-0.05, 0) is 66.2 Å². The number of carbonyl (C=O) groups is 2. The highest BCUT2D eigenvalue weighted by atomic mass is 35.5. The summed E-state index contributed by atoms with van der Waals surface area (Å²) < 4.78 is 1.75. The van der Waals surface area contributed by atoms with Crippen molar-refractivity contribution in [3.05, 3.63) is 111 Å². The molecule has 0 aliphatic carbocycles. The molecule has 1 atom stereocenters. The molecule has 0 aliphatic heterocycles. The molecule has 5 rings (SSSR count). The average Bonchev–Trinajstić information content (AvgIpc) is 3.67. The molecular formula is C30H22Cl2N6O2S. The third-order valence-electron chi connectivity index (χ3n) is 6.29. The number of rotatable bonds is 8. The molecule has 0 fully saturated rings. The van der Waals surface area contributed by atoms with Crippen LogP contribution in [0, 0.1) is 11.3 Å². The van der Waals surface area contributed by atoms with E-state index >= 15 is 0 Å². The lowest BCUT2D eigenvalue weighted by Gasteiger charge is -2.17. The molecule has 2 N–H and O–H groups in total. The number of carbonyl (C=O) groups excluding carboxylic acids is 2. The molecule has 3 heterocycles. The summed E-state index contributed by atoms with van der Waals surface area (Å²) >= 11 is 13.7. The molecule has 5 aromatic rings. The van der Waals surface area contributed by atoms with Crippen molar-refractivity contribution in [3.63, 3.8) is 0 Å². The Labute approximate surface area is 250 Å². The molecule has 2 aromatic carbocycles. The fraction of sp³-hybridized carbons (Fsp3) is 0.100. The van der Waals surface area contributed by atoms with Crippen LogP contribution in [0.1, 0.15) is 20.8 Å². The van der Waals surface area contributed by atoms with Crippen molar-refractivity contribution in [3.8, 4) is 33.6 Å². The van der Waals surface area contributed by atoms with Crippen molar-refractivity contribution >= 4 is 46.4 Å². The van der Waals surface area contributed by atoms with Gasteiger partial charge in [-0.15, -0.1) is 11.3 Å². The van der Waals surface area contributed by atoms with Gasteiger partial charge in [-0.2, -0.15) is 10.4 Å². The molecule has 0 spiro atoms. The molecular weight excluding hydrogens is 579 g/mol. The molecule has 2 amide bonds. The number of amides is 2. The van der Waals surface area contributed by atoms with Gasteiger partial charge in [0.2, 0.25) is 5.91 Å². The Balaban J connectivity index is 1.44. The summed E-state index contributed by atoms with van der Waals surface area (Å²) in [4.78, 5) is 31.3. The molecule has 0 aliphatic rings. The molecule has 0 bridgehead atoms. The molecule has 0 radical (unpaired) electrons. The Morgan fingerprint density at radius 2 is 1.85 bits per heavy atom. The van der Waals surface area contributed by atoms with Crippen LogP contribution in [-0.2, 0) is 11.2 Å². The Morgan fingerprint density at radius 3 is 2.54 bits per heavy atom. The van der Waals surface area contributed by atoms with E-state index in [1.54, 1.807) is 59.5 Å². The van der Waals surface area contributed by atoms with Crippen LogP contribution in [0.2, 0.25) is 10.0 Å². The van der Waals surface area contributed by atoms with Crippen molar-refractivity contribution < 1.29 is 9.59 Å². The van der Waals surface area contributed by atoms with Gasteiger partial charge in [-0.1, -0.05) is 35.3 Å². The van der Waals surface area contributed by atoms with E-state index in [-0.39, 0.29) is 18.2 Å². The highest BCUT2D eigenvalue weighted by molar-refractivity contribution is 7.17. The zero-order valence-corrected chi connectivity index (χ0v) is 24.0. The number of nitrogens with zero attached hydrogens (tertiary/aromatic N) is 4. The first-order chi connectivity index (χ1) is 19.9. The van der Waals surface area contributed by atoms with E-state index in [1.165, 1.54) is 18.4 Å². The van der Waals surface area contributed by atoms with Gasteiger partial charge in [0.1, 0.15) is 6.04 Å². The van der Waals surface area contributed by atoms with Crippen LogP contribution >= 0.6 is 34.5 Å². The van der Waals surface area contributed by atoms with Crippen LogP contribution in [0.25, 0.3) is 27.5 Å². The summed E-state index contributed by atoms with van der Waals surface area (Å²) in [5.74, 6) is -0.699. The van der Waals surface area contributed by atoms with E-state index < -0.39 is 6.04 Å². The molecule has 8 nitrogen and oxygen atoms in total. The summed E-state index contributed by atoms with van der Waals surface area (Å²) in [6.45, 7) is 0. The SMILES string of the molecule is CNC(=O)[C@H](Cc1ccc(C#N)cc1)NC(=O)c1ccc(-c2cc(-c3cccnc3)nn2-c2ccc(Cl)c(Cl)c2)s1. The number of pyridine rings is 1. The topological polar surface area (TPSA) is 113 Å². The first kappa shape index (κ1) is 28.1. The van der Waals surface area contributed by atoms with Crippen molar-refractivity contribution in [1.29, 1.82) is 5.26 Å². The minimum atomic E-state index is -0.801. The Morgan fingerprint density at radius 1 is 1.05 bits per heavy atom. The summed E-state index contributed by atoms with van der Waals surface area (Å²) in [5.41, 5.74) is 4.31. The first-order valence-corrected chi connectivity index (χ1v) is 14.0. The van der Waals surface area contributed by atoms with Gasteiger partial charge in [0.05, 0.1) is 48.5 Å². The number of thiophene rings is 1. The number of aromatic nitrogens is 3. The van der Waals surface area contributed by atoms with Gasteiger partial charge in [0, 0.05) is 31.4 Å². The van der Waals surface area contributed by atoms with Gasteiger partial charge in [-0.3, -0.25) is 14.6 Å². The van der Waals surface area contributed by atoms with Gasteiger partial charge >= 0.3 is 0 Å². The minimum Gasteiger partial charge on any atom is -0.357 e. The second-order valence-electron chi connectivity index (χ2n) is 8.98. The highest BCUT2D eigenvalue weighted by Gasteiger charge is 2.23. The summed E-state index contributed by atoms with van der Waals surface area (Å²) in [6.07, 6.45) is 3.69. The minimum absolute atomic E-state index is 0.272. The van der Waals surface area contributed by atoms with E-state index in [9.17, 15) is 9.59 Å². The summed E-state index contributed by atoms with van der Waals surface area (Å²) in [5, 5.41) is 20.1. The predicted octanol–water partition coefficient (Wildman–Crippen LogP) is 5.93. The van der Waals surface area contributed by atoms with Crippen molar-refractivity contribution in [1.82, 2.24) is 25.4 Å². The standard InChI is InChI=1S/C30H22Cl2N6O2S/c1-34-29(39)25(13-18-4-6-19(16-33)7-5-18)36-30(40)28-11-10-27(41-28)26-15-24(20-3-2-12-35-17-20)37-38(26)21-8-9-22(31)23(32)14-21/h2-12,14-15,17,25H,13H2,1H3,(H,34,39)(H,36,40)/t25-/m0/s1. The predicted molar refractivity (Wildman–Crippen MR) is 160 cm³/mol. The molecule has 3 aromatic heterocycles. The van der Waals surface area contributed by atoms with Crippen LogP contribution < -0.4 is 10.6 Å². The Hall–Kier alpha value is -4.49. The lowest BCUT2D eigenvalue weighted by atomic mass is 10.0. The van der Waals surface area contributed by atoms with Gasteiger partial charge < -0.3 is 10.6 Å². The zero-order chi connectivity index (χ0) is 28.9. The summed E-state index contributed by atoms with van der Waals surface area (Å²) in [6, 6.07) is 22.7. The van der Waals surface area contributed by atoms with E-state index in [0.29, 0.717) is 31.9 Å². The molecule has 41 heavy (non-hydrogen) atoms. The largest absolute Gasteiger partial charge is 0.357 e. The fourth-order valence-electron chi connectivity index (χ4n) is 4.19. The van der Waals surface area contributed by atoms with Crippen molar-refractivity contribution in [2.45, 2.75) is 12.5 Å². The second-order valence-corrected chi connectivity index (χ2v) is 10.9. The quantitative estimate of drug-likeness (QED) is 0.229. The fourth-order valence-corrected chi connectivity index (χ4v) is 5.39. The number of likely N-dealkylation sites (N-methyl/N-ethyl adjacent to an activating group) is 1. The average molecular weight is 602 g/mol. The monoisotopic (exact) mass is 600 g/mol. The summed E-state index contributed by atoms with van der Waals surface area (Å²) in [7, 11) is 1.52. The molecule has 0 unspecified atom stereocenters. The van der Waals surface area contributed by atoms with E-state index in [1.807, 2.05) is 30.3 Å². The zero-order valence-electron chi connectivity index (χ0n) is 21.6. The van der Waals surface area contributed by atoms with Crippen molar-refractivity contribution in [2.75, 3.05) is 7.05 Å². The van der Waals surface area contributed by atoms with E-state index in [2.05, 4.69) is 21.7 Å². The molecule has 204 valence electrons. The van der Waals surface area contributed by atoms with Crippen molar-refractivity contribution in [2.24, 2.45) is 0 Å². The number of hydrogen-bond acceptors (Lipinski definition) is 6. The number of halogens is 2. The highest BCUT2D eigenvalue weighted by Crippen LogP contribution is 2.34. The molecule has 11 heteroatoms. The second kappa shape index (κ2) is 12.4. The lowest BCUT2D eigenvalue weighted by molar-refractivity contribution is -0.122. The lowest BCUT2D eigenvalue weighted by Crippen LogP contribution is -2.46. The maximum absolute atomic E-state index is 13.3. The number of nitriles is 1. The third kappa shape index (κ3) is 6.31. The third-order valence-corrected chi connectivity index (χ3v) is 8.13. The van der Waals surface area contributed by atoms with E-state index in [0.717, 1.165) is 21.7 Å². The Bertz CT molecular complexity index is 1760. The number of hydrogen-bond donors (Lipinski definition) is 2. The van der Waals surface area contributed by atoms with E-state index in [4.69, 9.17) is 33.6 Å². The van der Waals surface area contributed by atoms with Crippen LogP contribution in [0.4, 0.5) is 0 Å². The first-order valence-electron chi connectivity index (χ1n) is 12.4. The number of nitrogens with one attached hydrogen (secondary N) is 2. The van der Waals surface area contributed by atoms with Crippen LogP contribution in [-0.4, -0.2) is 39.7 Å². The maximum Gasteiger partial charge on any atom is 0.262 e. The van der Waals surface area contributed by atoms with Gasteiger partial charge in [0.15, 0.2) is 0 Å². The number of benzene rings is 2. The maximum atomic E-state index is 13.3. The van der Waals surface area contributed by atoms with Gasteiger partial charge in [-0.25, -0.2) is 4.68 Å². The van der Waals surface area contributed by atoms with Gasteiger partial charge in [0.25, 0.3) is 5.91 Å². The Kier molecular flexibility index (Phi) is 8.45. The van der Waals surface area contributed by atoms with Crippen LogP contribution in [0.3, 0.4) is 0 Å². The normalized spacial score (nSPS) is 11.5. The molecule has 0 saturated carbocycles. The molecule has 0 saturated heterocycles. The van der Waals surface area contributed by atoms with Crippen LogP contribution in [0.15, 0.2) is 85.2 Å². The smallest absolute Gasteiger partial charge is 0.262 e.